The molecule has 0 amide bonds. The Labute approximate surface area is 184 Å². The fraction of sp³-hybridized carbons (Fsp3) is 0.421. The van der Waals surface area contributed by atoms with Gasteiger partial charge in [-0.05, 0) is 30.4 Å². The van der Waals surface area contributed by atoms with Crippen molar-refractivity contribution in [1.82, 2.24) is 25.1 Å². The fourth-order valence-electron chi connectivity index (χ4n) is 3.41. The number of benzene rings is 1. The number of sulfone groups is 1. The van der Waals surface area contributed by atoms with Crippen LogP contribution in [0, 0.1) is 5.92 Å². The maximum Gasteiger partial charge on any atom is 0.277 e. The highest BCUT2D eigenvalue weighted by Crippen LogP contribution is 2.26. The van der Waals surface area contributed by atoms with E-state index in [9.17, 15) is 8.42 Å². The second kappa shape index (κ2) is 9.18. The molecule has 1 aliphatic rings. The van der Waals surface area contributed by atoms with E-state index in [1.165, 1.54) is 11.8 Å². The molecule has 3 N–H and O–H groups in total. The highest BCUT2D eigenvalue weighted by atomic mass is 32.2. The van der Waals surface area contributed by atoms with Crippen molar-refractivity contribution in [2.45, 2.75) is 37.2 Å². The lowest BCUT2D eigenvalue weighted by molar-refractivity contribution is 0.389. The molecular formula is C19H23N7O3S2. The van der Waals surface area contributed by atoms with Crippen molar-refractivity contribution in [1.29, 1.82) is 0 Å². The summed E-state index contributed by atoms with van der Waals surface area (Å²) < 4.78 is 28.8. The van der Waals surface area contributed by atoms with E-state index in [2.05, 4.69) is 37.4 Å². The van der Waals surface area contributed by atoms with E-state index in [0.717, 1.165) is 17.7 Å². The third kappa shape index (κ3) is 5.70. The number of hydrogen-bond acceptors (Lipinski definition) is 11. The predicted octanol–water partition coefficient (Wildman–Crippen LogP) is 2.41. The summed E-state index contributed by atoms with van der Waals surface area (Å²) in [6.07, 6.45) is 1.98. The van der Waals surface area contributed by atoms with Gasteiger partial charge in [0.25, 0.3) is 5.22 Å². The van der Waals surface area contributed by atoms with E-state index < -0.39 is 9.84 Å². The Balaban J connectivity index is 1.38. The molecule has 31 heavy (non-hydrogen) atoms. The lowest BCUT2D eigenvalue weighted by Crippen LogP contribution is -2.07. The fourth-order valence-corrected chi connectivity index (χ4v) is 5.91. The van der Waals surface area contributed by atoms with Crippen molar-refractivity contribution in [3.05, 3.63) is 41.5 Å². The molecule has 3 aromatic rings. The Morgan fingerprint density at radius 1 is 1.23 bits per heavy atom. The monoisotopic (exact) mass is 461 g/mol. The van der Waals surface area contributed by atoms with Gasteiger partial charge in [-0.1, -0.05) is 36.9 Å². The molecule has 0 radical (unpaired) electrons. The summed E-state index contributed by atoms with van der Waals surface area (Å²) in [5.41, 5.74) is 7.92. The minimum atomic E-state index is -2.93. The highest BCUT2D eigenvalue weighted by Gasteiger charge is 2.29. The van der Waals surface area contributed by atoms with Crippen LogP contribution in [0.2, 0.25) is 0 Å². The average Bonchev–Trinajstić information content (AvgIpc) is 3.32. The molecule has 1 saturated heterocycles. The second-order valence-corrected chi connectivity index (χ2v) is 10.4. The van der Waals surface area contributed by atoms with Crippen LogP contribution in [0.15, 0.2) is 33.9 Å². The van der Waals surface area contributed by atoms with Gasteiger partial charge in [0, 0.05) is 12.1 Å². The second-order valence-electron chi connectivity index (χ2n) is 7.29. The summed E-state index contributed by atoms with van der Waals surface area (Å²) in [7, 11) is -2.93. The van der Waals surface area contributed by atoms with E-state index in [4.69, 9.17) is 10.2 Å². The number of nitrogens with two attached hydrogens (primary N) is 1. The van der Waals surface area contributed by atoms with Gasteiger partial charge in [-0.15, -0.1) is 10.2 Å². The summed E-state index contributed by atoms with van der Waals surface area (Å²) in [5.74, 6) is 2.23. The van der Waals surface area contributed by atoms with Crippen molar-refractivity contribution < 1.29 is 12.8 Å². The molecule has 0 spiro atoms. The summed E-state index contributed by atoms with van der Waals surface area (Å²) in [6, 6.07) is 7.93. The quantitative estimate of drug-likeness (QED) is 0.476. The minimum Gasteiger partial charge on any atom is -0.416 e. The van der Waals surface area contributed by atoms with E-state index in [1.807, 2.05) is 24.3 Å². The molecule has 2 aromatic heterocycles. The summed E-state index contributed by atoms with van der Waals surface area (Å²) >= 11 is 1.29. The highest BCUT2D eigenvalue weighted by molar-refractivity contribution is 7.98. The first-order valence-corrected chi connectivity index (χ1v) is 12.7. The zero-order chi connectivity index (χ0) is 21.8. The van der Waals surface area contributed by atoms with Gasteiger partial charge in [-0.3, -0.25) is 0 Å². The number of anilines is 3. The number of nitrogens with one attached hydrogen (secondary N) is 1. The molecule has 1 aliphatic heterocycles. The SMILES string of the molecule is CCc1ccccc1Nc1nc(N)nc(CSc2nnc(CC3CCS(=O)(=O)C3)o2)n1. The molecule has 164 valence electrons. The molecule has 0 saturated carbocycles. The maximum absolute atomic E-state index is 11.6. The van der Waals surface area contributed by atoms with Gasteiger partial charge >= 0.3 is 0 Å². The van der Waals surface area contributed by atoms with Gasteiger partial charge in [-0.2, -0.15) is 15.0 Å². The molecule has 0 bridgehead atoms. The van der Waals surface area contributed by atoms with Crippen LogP contribution in [0.1, 0.15) is 30.6 Å². The topological polar surface area (TPSA) is 150 Å². The van der Waals surface area contributed by atoms with Crippen LogP contribution in [0.3, 0.4) is 0 Å². The van der Waals surface area contributed by atoms with E-state index >= 15 is 0 Å². The molecule has 4 rings (SSSR count). The molecule has 10 nitrogen and oxygen atoms in total. The zero-order valence-corrected chi connectivity index (χ0v) is 18.6. The molecule has 12 heteroatoms. The third-order valence-corrected chi connectivity index (χ3v) is 7.56. The summed E-state index contributed by atoms with van der Waals surface area (Å²) in [4.78, 5) is 12.8. The normalized spacial score (nSPS) is 17.6. The van der Waals surface area contributed by atoms with Gasteiger partial charge < -0.3 is 15.5 Å². The Kier molecular flexibility index (Phi) is 6.37. The third-order valence-electron chi connectivity index (χ3n) is 4.91. The molecule has 1 unspecified atom stereocenters. The van der Waals surface area contributed by atoms with Crippen molar-refractivity contribution in [3.63, 3.8) is 0 Å². The Hall–Kier alpha value is -2.73. The van der Waals surface area contributed by atoms with Crippen molar-refractivity contribution in [2.75, 3.05) is 22.6 Å². The number of aryl methyl sites for hydroxylation is 1. The minimum absolute atomic E-state index is 0.0336. The van der Waals surface area contributed by atoms with E-state index in [-0.39, 0.29) is 23.4 Å². The largest absolute Gasteiger partial charge is 0.416 e. The smallest absolute Gasteiger partial charge is 0.277 e. The first kappa shape index (κ1) is 21.5. The summed E-state index contributed by atoms with van der Waals surface area (Å²) in [6.45, 7) is 2.08. The van der Waals surface area contributed by atoms with Gasteiger partial charge in [0.15, 0.2) is 9.84 Å². The van der Waals surface area contributed by atoms with Gasteiger partial charge in [-0.25, -0.2) is 8.42 Å². The number of para-hydroxylation sites is 1. The van der Waals surface area contributed by atoms with Crippen LogP contribution in [0.5, 0.6) is 0 Å². The van der Waals surface area contributed by atoms with Crippen LogP contribution in [-0.2, 0) is 28.4 Å². The van der Waals surface area contributed by atoms with E-state index in [1.54, 1.807) is 0 Å². The molecular weight excluding hydrogens is 438 g/mol. The lowest BCUT2D eigenvalue weighted by atomic mass is 10.1. The maximum atomic E-state index is 11.6. The van der Waals surface area contributed by atoms with Gasteiger partial charge in [0.05, 0.1) is 17.3 Å². The molecule has 1 fully saturated rings. The molecule has 1 atom stereocenters. The van der Waals surface area contributed by atoms with Crippen molar-refractivity contribution >= 4 is 39.2 Å². The lowest BCUT2D eigenvalue weighted by Gasteiger charge is -2.10. The van der Waals surface area contributed by atoms with Gasteiger partial charge in [0.2, 0.25) is 17.8 Å². The van der Waals surface area contributed by atoms with E-state index in [0.29, 0.717) is 41.5 Å². The van der Waals surface area contributed by atoms with Gasteiger partial charge in [0.1, 0.15) is 5.82 Å². The Bertz CT molecular complexity index is 1170. The van der Waals surface area contributed by atoms with Crippen LogP contribution >= 0.6 is 11.8 Å². The number of nitrogen functional groups attached to an aromatic ring is 1. The number of aromatic nitrogens is 5. The molecule has 1 aromatic carbocycles. The number of thioether (sulfide) groups is 1. The number of hydrogen-bond donors (Lipinski definition) is 2. The number of rotatable bonds is 8. The Morgan fingerprint density at radius 3 is 2.84 bits per heavy atom. The molecule has 3 heterocycles. The van der Waals surface area contributed by atoms with Crippen LogP contribution < -0.4 is 11.1 Å². The van der Waals surface area contributed by atoms with Crippen molar-refractivity contribution in [3.8, 4) is 0 Å². The van der Waals surface area contributed by atoms with Crippen LogP contribution in [0.4, 0.5) is 17.6 Å². The predicted molar refractivity (Wildman–Crippen MR) is 118 cm³/mol. The Morgan fingerprint density at radius 2 is 2.06 bits per heavy atom. The van der Waals surface area contributed by atoms with Crippen LogP contribution in [0.25, 0.3) is 0 Å². The first-order valence-electron chi connectivity index (χ1n) is 9.91. The summed E-state index contributed by atoms with van der Waals surface area (Å²) in [5, 5.41) is 11.6. The number of nitrogens with zero attached hydrogens (tertiary/aromatic N) is 5. The van der Waals surface area contributed by atoms with Crippen LogP contribution in [-0.4, -0.2) is 45.1 Å². The molecule has 0 aliphatic carbocycles. The van der Waals surface area contributed by atoms with Crippen molar-refractivity contribution in [2.24, 2.45) is 5.92 Å². The average molecular weight is 462 g/mol. The standard InChI is InChI=1S/C19H23N7O3S2/c1-2-13-5-3-4-6-14(13)21-18-23-15(22-17(20)24-18)10-30-19-26-25-16(29-19)9-12-7-8-31(27,28)11-12/h3-6,12H,2,7-11H2,1H3,(H3,20,21,22,23,24). The first-order chi connectivity index (χ1) is 14.9. The zero-order valence-electron chi connectivity index (χ0n) is 17.0.